The summed E-state index contributed by atoms with van der Waals surface area (Å²) in [7, 11) is 3.34. The Morgan fingerprint density at radius 2 is 1.03 bits per heavy atom. The maximum Gasteiger partial charge on any atom is 0.185 e. The second-order valence-corrected chi connectivity index (χ2v) is 8.71. The third-order valence-corrected chi connectivity index (χ3v) is 4.73. The number of hydrogen-bond donors (Lipinski definition) is 6. The molecule has 0 aliphatic heterocycles. The largest absolute Gasteiger partial charge is 0.759 e. The van der Waals surface area contributed by atoms with E-state index in [0.29, 0.717) is 13.1 Å². The van der Waals surface area contributed by atoms with Gasteiger partial charge in [0.2, 0.25) is 0 Å². The van der Waals surface area contributed by atoms with E-state index in [1.807, 2.05) is 0 Å². The van der Waals surface area contributed by atoms with Crippen molar-refractivity contribution in [3.63, 3.8) is 0 Å². The van der Waals surface area contributed by atoms with Crippen LogP contribution in [0.1, 0.15) is 12.8 Å². The van der Waals surface area contributed by atoms with Gasteiger partial charge in [-0.05, 0) is 0 Å². The van der Waals surface area contributed by atoms with Gasteiger partial charge in [-0.25, -0.2) is 0 Å². The molecule has 0 unspecified atom stereocenters. The van der Waals surface area contributed by atoms with Crippen LogP contribution in [0.4, 0.5) is 0 Å². The Balaban J connectivity index is -0.000000380. The fourth-order valence-electron chi connectivity index (χ4n) is 1.56. The SMILES string of the molecule is C[N+](C)(CS)CCCN=C(N)N.C[N+](C)(CS)CCCN=C(N)N.O=S(=O)([O-])[O-]. The third kappa shape index (κ3) is 38.3. The second kappa shape index (κ2) is 16.8. The summed E-state index contributed by atoms with van der Waals surface area (Å²) < 4.78 is 35.9. The first-order valence-corrected chi connectivity index (χ1v) is 11.2. The Bertz CT molecular complexity index is 531. The van der Waals surface area contributed by atoms with E-state index in [4.69, 9.17) is 40.5 Å². The molecule has 0 saturated carbocycles. The number of thiol groups is 2. The summed E-state index contributed by atoms with van der Waals surface area (Å²) in [5.74, 6) is 2.02. The standard InChI is InChI=1S/2C7H18N4S.H2O4S/c2*1-11(2,6-12)5-3-4-10-7(8)9;1-5(2,3)4/h2*3-6H2,1-2H3,(H4-,8,9,10,12);(H2,1,2,3,4). The maximum atomic E-state index is 8.52. The van der Waals surface area contributed by atoms with Gasteiger partial charge in [-0.2, -0.15) is 0 Å². The van der Waals surface area contributed by atoms with E-state index in [9.17, 15) is 0 Å². The van der Waals surface area contributed by atoms with E-state index >= 15 is 0 Å². The predicted octanol–water partition coefficient (Wildman–Crippen LogP) is -2.11. The molecule has 0 saturated heterocycles. The van der Waals surface area contributed by atoms with E-state index in [-0.39, 0.29) is 11.9 Å². The van der Waals surface area contributed by atoms with Crippen molar-refractivity contribution in [3.05, 3.63) is 0 Å². The number of guanidine groups is 2. The Kier molecular flexibility index (Phi) is 18.9. The molecule has 15 heteroatoms. The normalized spacial score (nSPS) is 11.3. The quantitative estimate of drug-likeness (QED) is 0.0298. The fourth-order valence-corrected chi connectivity index (χ4v) is 1.84. The molecule has 0 bridgehead atoms. The zero-order valence-electron chi connectivity index (χ0n) is 17.7. The van der Waals surface area contributed by atoms with Crippen LogP contribution in [0.3, 0.4) is 0 Å². The molecule has 0 aliphatic rings. The summed E-state index contributed by atoms with van der Waals surface area (Å²) in [6.07, 6.45) is 1.98. The molecule has 8 N–H and O–H groups in total. The first-order chi connectivity index (χ1) is 13.0. The average molecular weight is 479 g/mol. The molecule has 0 radical (unpaired) electrons. The number of rotatable bonds is 10. The summed E-state index contributed by atoms with van der Waals surface area (Å²) in [4.78, 5) is 7.80. The van der Waals surface area contributed by atoms with E-state index in [0.717, 1.165) is 46.7 Å². The Morgan fingerprint density at radius 3 is 1.21 bits per heavy atom. The van der Waals surface area contributed by atoms with Crippen molar-refractivity contribution in [2.45, 2.75) is 12.8 Å². The molecule has 0 spiro atoms. The molecule has 0 aromatic heterocycles. The zero-order valence-corrected chi connectivity index (χ0v) is 20.3. The molecule has 12 nitrogen and oxygen atoms in total. The van der Waals surface area contributed by atoms with Gasteiger partial charge >= 0.3 is 0 Å². The van der Waals surface area contributed by atoms with E-state index in [1.165, 1.54) is 0 Å². The fraction of sp³-hybridized carbons (Fsp3) is 0.857. The number of hydrogen-bond acceptors (Lipinski definition) is 8. The minimum Gasteiger partial charge on any atom is -0.759 e. The van der Waals surface area contributed by atoms with Crippen LogP contribution in [-0.4, -0.2) is 105 Å². The van der Waals surface area contributed by atoms with Crippen LogP contribution in [-0.2, 0) is 10.4 Å². The van der Waals surface area contributed by atoms with Crippen molar-refractivity contribution in [2.75, 3.05) is 66.1 Å². The Labute approximate surface area is 186 Å². The van der Waals surface area contributed by atoms with Crippen molar-refractivity contribution < 1.29 is 26.5 Å². The lowest BCUT2D eigenvalue weighted by atomic mass is 10.4. The molecular formula is C14H38N8O4S3. The second-order valence-electron chi connectivity index (χ2n) is 7.33. The highest BCUT2D eigenvalue weighted by molar-refractivity contribution is 7.80. The van der Waals surface area contributed by atoms with Gasteiger partial charge in [0.1, 0.15) is 11.8 Å². The van der Waals surface area contributed by atoms with Gasteiger partial charge in [-0.15, -0.1) is 25.3 Å². The summed E-state index contributed by atoms with van der Waals surface area (Å²) in [6.45, 7) is 3.50. The van der Waals surface area contributed by atoms with Gasteiger partial charge in [0, 0.05) is 36.3 Å². The van der Waals surface area contributed by atoms with E-state index < -0.39 is 10.4 Å². The highest BCUT2D eigenvalue weighted by Gasteiger charge is 2.11. The van der Waals surface area contributed by atoms with E-state index in [2.05, 4.69) is 63.4 Å². The van der Waals surface area contributed by atoms with Gasteiger partial charge < -0.3 is 41.0 Å². The number of nitrogens with zero attached hydrogens (tertiary/aromatic N) is 4. The van der Waals surface area contributed by atoms with Crippen molar-refractivity contribution in [1.82, 2.24) is 0 Å². The van der Waals surface area contributed by atoms with E-state index in [1.54, 1.807) is 0 Å². The molecule has 0 heterocycles. The average Bonchev–Trinajstić information content (AvgIpc) is 2.54. The highest BCUT2D eigenvalue weighted by Crippen LogP contribution is 2.01. The molecule has 0 aliphatic carbocycles. The molecule has 0 aromatic carbocycles. The van der Waals surface area contributed by atoms with Gasteiger partial charge in [-0.1, -0.05) is 0 Å². The predicted molar refractivity (Wildman–Crippen MR) is 123 cm³/mol. The van der Waals surface area contributed by atoms with Crippen molar-refractivity contribution >= 4 is 47.6 Å². The van der Waals surface area contributed by atoms with Crippen LogP contribution in [0.15, 0.2) is 9.98 Å². The molecule has 0 fully saturated rings. The highest BCUT2D eigenvalue weighted by atomic mass is 32.3. The lowest BCUT2D eigenvalue weighted by Gasteiger charge is -2.26. The van der Waals surface area contributed by atoms with Crippen LogP contribution in [0.5, 0.6) is 0 Å². The van der Waals surface area contributed by atoms with Crippen LogP contribution in [0.2, 0.25) is 0 Å². The van der Waals surface area contributed by atoms with Crippen molar-refractivity contribution in [2.24, 2.45) is 32.9 Å². The number of quaternary nitrogens is 2. The molecule has 0 amide bonds. The summed E-state index contributed by atoms with van der Waals surface area (Å²) in [5.41, 5.74) is 20.7. The summed E-state index contributed by atoms with van der Waals surface area (Å²) >= 11 is 8.46. The lowest BCUT2D eigenvalue weighted by molar-refractivity contribution is -0.877. The number of nitrogens with two attached hydrogens (primary N) is 4. The maximum absolute atomic E-state index is 8.52. The monoisotopic (exact) mass is 478 g/mol. The minimum absolute atomic E-state index is 0.172. The van der Waals surface area contributed by atoms with Gasteiger partial charge in [-0.3, -0.25) is 18.4 Å². The smallest absolute Gasteiger partial charge is 0.185 e. The van der Waals surface area contributed by atoms with Crippen LogP contribution in [0.25, 0.3) is 0 Å². The summed E-state index contributed by atoms with van der Waals surface area (Å²) in [6, 6.07) is 0. The molecule has 0 rings (SSSR count). The minimum atomic E-state index is -5.17. The molecular weight excluding hydrogens is 440 g/mol. The Morgan fingerprint density at radius 1 is 0.793 bits per heavy atom. The molecule has 176 valence electrons. The van der Waals surface area contributed by atoms with Crippen LogP contribution >= 0.6 is 25.3 Å². The zero-order chi connectivity index (χ0) is 23.7. The van der Waals surface area contributed by atoms with Gasteiger partial charge in [0.25, 0.3) is 0 Å². The first kappa shape index (κ1) is 32.7. The Hall–Kier alpha value is -0.970. The first-order valence-electron chi connectivity index (χ1n) is 8.59. The van der Waals surface area contributed by atoms with Gasteiger partial charge in [0.15, 0.2) is 11.9 Å². The lowest BCUT2D eigenvalue weighted by Crippen LogP contribution is -2.39. The van der Waals surface area contributed by atoms with Crippen LogP contribution < -0.4 is 22.9 Å². The van der Waals surface area contributed by atoms with Gasteiger partial charge in [0.05, 0.1) is 41.3 Å². The summed E-state index contributed by atoms with van der Waals surface area (Å²) in [5, 5.41) is 0. The van der Waals surface area contributed by atoms with Crippen molar-refractivity contribution in [3.8, 4) is 0 Å². The molecule has 29 heavy (non-hydrogen) atoms. The van der Waals surface area contributed by atoms with Crippen LogP contribution in [0, 0.1) is 0 Å². The topological polar surface area (TPSA) is 209 Å². The number of aliphatic imine (C=N–C) groups is 2. The van der Waals surface area contributed by atoms with Crippen molar-refractivity contribution in [1.29, 1.82) is 0 Å². The molecule has 0 atom stereocenters. The third-order valence-electron chi connectivity index (χ3n) is 3.20. The molecule has 0 aromatic rings.